The van der Waals surface area contributed by atoms with Gasteiger partial charge in [-0.15, -0.1) is 0 Å². The van der Waals surface area contributed by atoms with Gasteiger partial charge in [-0.3, -0.25) is 14.9 Å². The van der Waals surface area contributed by atoms with Gasteiger partial charge < -0.3 is 10.1 Å². The molecule has 0 bridgehead atoms. The van der Waals surface area contributed by atoms with Gasteiger partial charge in [0.1, 0.15) is 18.1 Å². The van der Waals surface area contributed by atoms with Crippen LogP contribution < -0.4 is 15.4 Å². The van der Waals surface area contributed by atoms with E-state index in [1.54, 1.807) is 32.0 Å². The lowest BCUT2D eigenvalue weighted by Crippen LogP contribution is -2.28. The van der Waals surface area contributed by atoms with E-state index >= 15 is 0 Å². The largest absolute Gasteiger partial charge is 0.487 e. The molecule has 1 aliphatic rings. The molecule has 1 fully saturated rings. The van der Waals surface area contributed by atoms with Crippen molar-refractivity contribution < 1.29 is 23.1 Å². The molecule has 1 aromatic heterocycles. The normalized spacial score (nSPS) is 14.4. The number of hydrogen-bond acceptors (Lipinski definition) is 5. The van der Waals surface area contributed by atoms with E-state index in [9.17, 15) is 18.4 Å². The predicted octanol–water partition coefficient (Wildman–Crippen LogP) is 3.27. The molecular weight excluding hydrogens is 382 g/mol. The summed E-state index contributed by atoms with van der Waals surface area (Å²) < 4.78 is 30.0. The summed E-state index contributed by atoms with van der Waals surface area (Å²) in [5, 5.41) is 5.40. The number of aryl methyl sites for hydroxylation is 1. The minimum Gasteiger partial charge on any atom is -0.487 e. The number of halogens is 2. The highest BCUT2D eigenvalue weighted by molar-refractivity contribution is 5.95. The SMILES string of the molecule is Cc1ccc(C(C)NC(=O)c2ccnc(NC(=O)C3CC3)n2)cc1OCC(F)F. The lowest BCUT2D eigenvalue weighted by Gasteiger charge is -2.17. The number of amides is 2. The van der Waals surface area contributed by atoms with Crippen LogP contribution in [0.2, 0.25) is 0 Å². The Morgan fingerprint density at radius 1 is 1.28 bits per heavy atom. The maximum atomic E-state index is 12.5. The minimum absolute atomic E-state index is 0.000808. The summed E-state index contributed by atoms with van der Waals surface area (Å²) in [4.78, 5) is 32.4. The van der Waals surface area contributed by atoms with Crippen LogP contribution in [0.15, 0.2) is 30.5 Å². The second-order valence-corrected chi connectivity index (χ2v) is 6.95. The first-order chi connectivity index (χ1) is 13.8. The van der Waals surface area contributed by atoms with Gasteiger partial charge in [-0.1, -0.05) is 12.1 Å². The summed E-state index contributed by atoms with van der Waals surface area (Å²) in [6.45, 7) is 2.82. The van der Waals surface area contributed by atoms with Crippen LogP contribution >= 0.6 is 0 Å². The molecule has 2 amide bonds. The molecule has 1 saturated carbocycles. The molecule has 29 heavy (non-hydrogen) atoms. The number of carbonyl (C=O) groups is 2. The van der Waals surface area contributed by atoms with Crippen molar-refractivity contribution in [3.8, 4) is 5.75 Å². The van der Waals surface area contributed by atoms with Gasteiger partial charge in [-0.2, -0.15) is 0 Å². The van der Waals surface area contributed by atoms with Crippen molar-refractivity contribution in [3.63, 3.8) is 0 Å². The Morgan fingerprint density at radius 2 is 2.03 bits per heavy atom. The molecule has 1 heterocycles. The van der Waals surface area contributed by atoms with Crippen LogP contribution in [0.1, 0.15) is 47.4 Å². The van der Waals surface area contributed by atoms with E-state index in [0.29, 0.717) is 11.3 Å². The van der Waals surface area contributed by atoms with Gasteiger partial charge in [-0.05, 0) is 49.9 Å². The summed E-state index contributed by atoms with van der Waals surface area (Å²) in [5.74, 6) is -0.167. The zero-order chi connectivity index (χ0) is 21.0. The Bertz CT molecular complexity index is 903. The van der Waals surface area contributed by atoms with E-state index in [1.807, 2.05) is 0 Å². The highest BCUT2D eigenvalue weighted by atomic mass is 19.3. The first-order valence-corrected chi connectivity index (χ1v) is 9.29. The van der Waals surface area contributed by atoms with Gasteiger partial charge in [-0.25, -0.2) is 18.7 Å². The summed E-state index contributed by atoms with van der Waals surface area (Å²) in [6.07, 6.45) is 0.534. The molecule has 0 radical (unpaired) electrons. The number of rotatable bonds is 8. The summed E-state index contributed by atoms with van der Waals surface area (Å²) in [5.41, 5.74) is 1.53. The average molecular weight is 404 g/mol. The fourth-order valence-electron chi connectivity index (χ4n) is 2.65. The van der Waals surface area contributed by atoms with Gasteiger partial charge in [0, 0.05) is 12.1 Å². The van der Waals surface area contributed by atoms with Gasteiger partial charge in [0.05, 0.1) is 6.04 Å². The van der Waals surface area contributed by atoms with E-state index in [-0.39, 0.29) is 23.5 Å². The van der Waals surface area contributed by atoms with Crippen molar-refractivity contribution in [2.75, 3.05) is 11.9 Å². The van der Waals surface area contributed by atoms with Crippen LogP contribution in [0.3, 0.4) is 0 Å². The van der Waals surface area contributed by atoms with Crippen LogP contribution in [-0.2, 0) is 4.79 Å². The summed E-state index contributed by atoms with van der Waals surface area (Å²) in [7, 11) is 0. The second-order valence-electron chi connectivity index (χ2n) is 6.95. The Morgan fingerprint density at radius 3 is 2.72 bits per heavy atom. The number of aromatic nitrogens is 2. The van der Waals surface area contributed by atoms with Crippen molar-refractivity contribution in [2.24, 2.45) is 5.92 Å². The molecule has 0 saturated heterocycles. The number of nitrogens with zero attached hydrogens (tertiary/aromatic N) is 2. The number of benzene rings is 1. The molecule has 0 spiro atoms. The van der Waals surface area contributed by atoms with Crippen LogP contribution in [-0.4, -0.2) is 34.8 Å². The maximum absolute atomic E-state index is 12.5. The fourth-order valence-corrected chi connectivity index (χ4v) is 2.65. The third-order valence-corrected chi connectivity index (χ3v) is 4.50. The maximum Gasteiger partial charge on any atom is 0.272 e. The smallest absolute Gasteiger partial charge is 0.272 e. The van der Waals surface area contributed by atoms with Gasteiger partial charge >= 0.3 is 0 Å². The van der Waals surface area contributed by atoms with Crippen molar-refractivity contribution in [2.45, 2.75) is 39.2 Å². The molecule has 2 N–H and O–H groups in total. The monoisotopic (exact) mass is 404 g/mol. The third kappa shape index (κ3) is 5.69. The number of alkyl halides is 2. The highest BCUT2D eigenvalue weighted by Gasteiger charge is 2.30. The fraction of sp³-hybridized carbons (Fsp3) is 0.400. The molecule has 0 aliphatic heterocycles. The number of hydrogen-bond donors (Lipinski definition) is 2. The molecule has 154 valence electrons. The van der Waals surface area contributed by atoms with Gasteiger partial charge in [0.25, 0.3) is 12.3 Å². The van der Waals surface area contributed by atoms with E-state index in [4.69, 9.17) is 4.74 Å². The average Bonchev–Trinajstić information content (AvgIpc) is 3.52. The number of ether oxygens (including phenoxy) is 1. The molecular formula is C20H22F2N4O3. The van der Waals surface area contributed by atoms with Crippen LogP contribution in [0.25, 0.3) is 0 Å². The zero-order valence-electron chi connectivity index (χ0n) is 16.1. The van der Waals surface area contributed by atoms with Crippen molar-refractivity contribution in [1.29, 1.82) is 0 Å². The Balaban J connectivity index is 1.65. The Kier molecular flexibility index (Phi) is 6.36. The summed E-state index contributed by atoms with van der Waals surface area (Å²) >= 11 is 0. The van der Waals surface area contributed by atoms with Crippen molar-refractivity contribution in [3.05, 3.63) is 47.3 Å². The van der Waals surface area contributed by atoms with E-state index < -0.39 is 25.0 Å². The number of nitrogens with one attached hydrogen (secondary N) is 2. The standard InChI is InChI=1S/C20H22F2N4O3/c1-11-3-4-14(9-16(11)29-10-17(21)22)12(2)24-19(28)15-7-8-23-20(25-15)26-18(27)13-5-6-13/h3-4,7-9,12-13,17H,5-6,10H2,1-2H3,(H,24,28)(H,23,25,26,27). The minimum atomic E-state index is -2.57. The highest BCUT2D eigenvalue weighted by Crippen LogP contribution is 2.29. The lowest BCUT2D eigenvalue weighted by molar-refractivity contribution is -0.117. The number of carbonyl (C=O) groups excluding carboxylic acids is 2. The van der Waals surface area contributed by atoms with Gasteiger partial charge in [0.2, 0.25) is 11.9 Å². The summed E-state index contributed by atoms with van der Waals surface area (Å²) in [6, 6.07) is 6.19. The molecule has 1 unspecified atom stereocenters. The molecule has 1 aromatic carbocycles. The third-order valence-electron chi connectivity index (χ3n) is 4.50. The van der Waals surface area contributed by atoms with Crippen LogP contribution in [0.4, 0.5) is 14.7 Å². The topological polar surface area (TPSA) is 93.2 Å². The van der Waals surface area contributed by atoms with E-state index in [0.717, 1.165) is 18.4 Å². The molecule has 9 heteroatoms. The predicted molar refractivity (Wildman–Crippen MR) is 102 cm³/mol. The lowest BCUT2D eigenvalue weighted by atomic mass is 10.1. The molecule has 1 atom stereocenters. The van der Waals surface area contributed by atoms with E-state index in [1.165, 1.54) is 12.3 Å². The first-order valence-electron chi connectivity index (χ1n) is 9.29. The van der Waals surface area contributed by atoms with Crippen LogP contribution in [0, 0.1) is 12.8 Å². The Hall–Kier alpha value is -3.10. The second kappa shape index (κ2) is 8.93. The molecule has 2 aromatic rings. The van der Waals surface area contributed by atoms with Crippen molar-refractivity contribution in [1.82, 2.24) is 15.3 Å². The van der Waals surface area contributed by atoms with Gasteiger partial charge in [0.15, 0.2) is 0 Å². The first kappa shape index (κ1) is 20.6. The van der Waals surface area contributed by atoms with E-state index in [2.05, 4.69) is 20.6 Å². The Labute approximate surface area is 166 Å². The zero-order valence-corrected chi connectivity index (χ0v) is 16.1. The quantitative estimate of drug-likeness (QED) is 0.704. The van der Waals surface area contributed by atoms with Crippen molar-refractivity contribution >= 4 is 17.8 Å². The van der Waals surface area contributed by atoms with Crippen LogP contribution in [0.5, 0.6) is 5.75 Å². The molecule has 3 rings (SSSR count). The molecule has 7 nitrogen and oxygen atoms in total. The molecule has 1 aliphatic carbocycles. The number of anilines is 1.